The van der Waals surface area contributed by atoms with Crippen LogP contribution in [-0.2, 0) is 17.8 Å². The largest absolute Gasteiger partial charge is 0.490 e. The summed E-state index contributed by atoms with van der Waals surface area (Å²) in [6.45, 7) is 9.71. The van der Waals surface area contributed by atoms with E-state index >= 15 is 0 Å². The first kappa shape index (κ1) is 34.5. The summed E-state index contributed by atoms with van der Waals surface area (Å²) in [5, 5.41) is 7.71. The number of rotatable bonds is 9. The molecule has 262 valence electrons. The highest BCUT2D eigenvalue weighted by Gasteiger charge is 2.54. The van der Waals surface area contributed by atoms with E-state index in [2.05, 4.69) is 20.2 Å². The summed E-state index contributed by atoms with van der Waals surface area (Å²) >= 11 is 6.11. The van der Waals surface area contributed by atoms with E-state index in [0.29, 0.717) is 31.9 Å². The molecule has 0 unspecified atom stereocenters. The number of hydrogen-bond donors (Lipinski definition) is 0. The Labute approximate surface area is 286 Å². The van der Waals surface area contributed by atoms with Crippen molar-refractivity contribution in [2.45, 2.75) is 84.7 Å². The van der Waals surface area contributed by atoms with Crippen LogP contribution >= 0.6 is 11.6 Å². The fraction of sp³-hybridized carbons (Fsp3) is 0.515. The predicted octanol–water partition coefficient (Wildman–Crippen LogP) is 6.27. The second-order valence-corrected chi connectivity index (χ2v) is 14.3. The van der Waals surface area contributed by atoms with E-state index in [-0.39, 0.29) is 39.8 Å². The standard InChI is InChI=1S/C33H37ClF3N7O5/c1-18(2)44(15-26(36)37)29(45)21-10-19(35)6-7-24(21)48-28-27(39-30(34)41-40-28)43-16-33(17-43)11-20(12-33)47-25-8-9-38-23-14-42(13-22(23)25)31(46)49-32(3,4)5/h6-10,18,20,26H,11-17H2,1-5H3. The van der Waals surface area contributed by atoms with Gasteiger partial charge in [0, 0.05) is 36.3 Å². The molecular weight excluding hydrogens is 667 g/mol. The van der Waals surface area contributed by atoms with Crippen molar-refractivity contribution in [3.8, 4) is 17.4 Å². The number of halogens is 4. The van der Waals surface area contributed by atoms with Gasteiger partial charge >= 0.3 is 6.09 Å². The Morgan fingerprint density at radius 1 is 1.10 bits per heavy atom. The normalized spacial score (nSPS) is 16.8. The minimum Gasteiger partial charge on any atom is -0.490 e. The second-order valence-electron chi connectivity index (χ2n) is 14.0. The molecule has 2 amide bonds. The average Bonchev–Trinajstić information content (AvgIpc) is 3.42. The highest BCUT2D eigenvalue weighted by atomic mass is 35.5. The van der Waals surface area contributed by atoms with Gasteiger partial charge in [0.1, 0.15) is 29.0 Å². The fourth-order valence-electron chi connectivity index (χ4n) is 6.41. The minimum atomic E-state index is -2.78. The lowest BCUT2D eigenvalue weighted by molar-refractivity contribution is -0.0350. The van der Waals surface area contributed by atoms with Crippen molar-refractivity contribution in [2.75, 3.05) is 24.5 Å². The molecule has 0 radical (unpaired) electrons. The number of benzene rings is 1. The zero-order valence-corrected chi connectivity index (χ0v) is 28.5. The first-order valence-electron chi connectivity index (χ1n) is 15.9. The molecule has 0 N–H and O–H groups in total. The van der Waals surface area contributed by atoms with Gasteiger partial charge in [-0.15, -0.1) is 10.2 Å². The lowest BCUT2D eigenvalue weighted by Crippen LogP contribution is -2.65. The van der Waals surface area contributed by atoms with E-state index in [1.165, 1.54) is 6.07 Å². The number of nitrogens with zero attached hydrogens (tertiary/aromatic N) is 7. The van der Waals surface area contributed by atoms with E-state index < -0.39 is 42.4 Å². The maximum Gasteiger partial charge on any atom is 0.410 e. The summed E-state index contributed by atoms with van der Waals surface area (Å²) < 4.78 is 58.7. The number of alkyl halides is 2. The van der Waals surface area contributed by atoms with Crippen molar-refractivity contribution in [1.82, 2.24) is 30.0 Å². The van der Waals surface area contributed by atoms with Gasteiger partial charge in [-0.25, -0.2) is 18.0 Å². The molecule has 0 bridgehead atoms. The first-order valence-corrected chi connectivity index (χ1v) is 16.3. The number of anilines is 1. The molecular formula is C33H37ClF3N7O5. The van der Waals surface area contributed by atoms with Crippen molar-refractivity contribution < 1.29 is 37.0 Å². The molecule has 1 aromatic carbocycles. The number of pyridine rings is 1. The van der Waals surface area contributed by atoms with Crippen molar-refractivity contribution >= 4 is 29.4 Å². The molecule has 3 aliphatic rings. The van der Waals surface area contributed by atoms with Gasteiger partial charge in [-0.05, 0) is 83.3 Å². The predicted molar refractivity (Wildman–Crippen MR) is 172 cm³/mol. The third-order valence-electron chi connectivity index (χ3n) is 8.62. The summed E-state index contributed by atoms with van der Waals surface area (Å²) in [5.41, 5.74) is 0.754. The number of fused-ring (bicyclic) bond motifs is 1. The number of amides is 2. The summed E-state index contributed by atoms with van der Waals surface area (Å²) in [5.74, 6) is -0.737. The third kappa shape index (κ3) is 7.46. The summed E-state index contributed by atoms with van der Waals surface area (Å²) in [6, 6.07) is 4.50. The van der Waals surface area contributed by atoms with Crippen molar-refractivity contribution in [3.63, 3.8) is 0 Å². The smallest absolute Gasteiger partial charge is 0.410 e. The van der Waals surface area contributed by atoms with Gasteiger partial charge in [0.15, 0.2) is 5.82 Å². The van der Waals surface area contributed by atoms with Crippen LogP contribution in [0.1, 0.15) is 69.1 Å². The molecule has 2 aromatic heterocycles. The SMILES string of the molecule is CC(C)N(CC(F)F)C(=O)c1cc(F)ccc1Oc1nnc(Cl)nc1N1CC2(CC(Oc3ccnc4c3CN(C(=O)OC(C)(C)C)C4)C2)C1. The minimum absolute atomic E-state index is 0.0445. The third-order valence-corrected chi connectivity index (χ3v) is 8.78. The Hall–Kier alpha value is -4.40. The molecule has 1 spiro atoms. The Balaban J connectivity index is 1.11. The number of carbonyl (C=O) groups is 2. The molecule has 1 saturated heterocycles. The van der Waals surface area contributed by atoms with E-state index in [4.69, 9.17) is 25.8 Å². The summed E-state index contributed by atoms with van der Waals surface area (Å²) in [7, 11) is 0. The quantitative estimate of drug-likeness (QED) is 0.252. The highest BCUT2D eigenvalue weighted by molar-refractivity contribution is 6.28. The first-order chi connectivity index (χ1) is 23.1. The van der Waals surface area contributed by atoms with E-state index in [9.17, 15) is 22.8 Å². The lowest BCUT2D eigenvalue weighted by atomic mass is 9.61. The van der Waals surface area contributed by atoms with Gasteiger partial charge in [0.05, 0.1) is 30.9 Å². The monoisotopic (exact) mass is 703 g/mol. The molecule has 3 aromatic rings. The van der Waals surface area contributed by atoms with Gasteiger partial charge in [0.2, 0.25) is 5.28 Å². The van der Waals surface area contributed by atoms with Crippen LogP contribution in [0, 0.1) is 11.2 Å². The molecule has 4 heterocycles. The fourth-order valence-corrected chi connectivity index (χ4v) is 6.53. The molecule has 1 aliphatic carbocycles. The number of ether oxygens (including phenoxy) is 3. The average molecular weight is 704 g/mol. The van der Waals surface area contributed by atoms with Crippen LogP contribution in [0.5, 0.6) is 17.4 Å². The Kier molecular flexibility index (Phi) is 9.24. The zero-order valence-electron chi connectivity index (χ0n) is 27.8. The van der Waals surface area contributed by atoms with Crippen LogP contribution in [-0.4, -0.2) is 85.8 Å². The molecule has 49 heavy (non-hydrogen) atoms. The van der Waals surface area contributed by atoms with Gasteiger partial charge in [-0.1, -0.05) is 0 Å². The van der Waals surface area contributed by atoms with Crippen LogP contribution < -0.4 is 14.4 Å². The van der Waals surface area contributed by atoms with Gasteiger partial charge in [-0.3, -0.25) is 14.7 Å². The number of aromatic nitrogens is 4. The van der Waals surface area contributed by atoms with Crippen LogP contribution in [0.3, 0.4) is 0 Å². The highest BCUT2D eigenvalue weighted by Crippen LogP contribution is 2.52. The van der Waals surface area contributed by atoms with Crippen LogP contribution in [0.15, 0.2) is 30.5 Å². The van der Waals surface area contributed by atoms with Crippen molar-refractivity contribution in [1.29, 1.82) is 0 Å². The van der Waals surface area contributed by atoms with Gasteiger partial charge in [0.25, 0.3) is 18.2 Å². The Bertz CT molecular complexity index is 1740. The van der Waals surface area contributed by atoms with Crippen LogP contribution in [0.25, 0.3) is 0 Å². The lowest BCUT2D eigenvalue weighted by Gasteiger charge is -2.58. The van der Waals surface area contributed by atoms with E-state index in [1.54, 1.807) is 24.9 Å². The van der Waals surface area contributed by atoms with Gasteiger partial charge in [-0.2, -0.15) is 4.98 Å². The zero-order chi connectivity index (χ0) is 35.2. The van der Waals surface area contributed by atoms with E-state index in [1.807, 2.05) is 31.7 Å². The van der Waals surface area contributed by atoms with E-state index in [0.717, 1.165) is 41.1 Å². The second kappa shape index (κ2) is 13.1. The maximum absolute atomic E-state index is 14.3. The number of carbonyl (C=O) groups excluding carboxylic acids is 2. The van der Waals surface area contributed by atoms with Crippen LogP contribution in [0.2, 0.25) is 5.28 Å². The molecule has 12 nitrogen and oxygen atoms in total. The Morgan fingerprint density at radius 3 is 2.51 bits per heavy atom. The molecule has 1 saturated carbocycles. The van der Waals surface area contributed by atoms with Crippen molar-refractivity contribution in [2.24, 2.45) is 5.41 Å². The topological polar surface area (TPSA) is 123 Å². The summed E-state index contributed by atoms with van der Waals surface area (Å²) in [6.07, 6.45) is -0.00837. The Morgan fingerprint density at radius 2 is 1.84 bits per heavy atom. The molecule has 2 aliphatic heterocycles. The summed E-state index contributed by atoms with van der Waals surface area (Å²) in [4.78, 5) is 39.2. The molecule has 16 heteroatoms. The molecule has 6 rings (SSSR count). The molecule has 0 atom stereocenters. The van der Waals surface area contributed by atoms with Crippen molar-refractivity contribution in [3.05, 3.63) is 58.4 Å². The maximum atomic E-state index is 14.3. The molecule has 2 fully saturated rings. The van der Waals surface area contributed by atoms with Gasteiger partial charge < -0.3 is 24.0 Å². The van der Waals surface area contributed by atoms with Crippen LogP contribution in [0.4, 0.5) is 23.8 Å². The number of hydrogen-bond acceptors (Lipinski definition) is 10.